The Balaban J connectivity index is 1.69. The number of para-hydroxylation sites is 1. The number of alkyl halides is 2. The fourth-order valence-corrected chi connectivity index (χ4v) is 3.69. The van der Waals surface area contributed by atoms with Crippen LogP contribution in [0.1, 0.15) is 28.8 Å². The van der Waals surface area contributed by atoms with E-state index in [-0.39, 0.29) is 34.4 Å². The van der Waals surface area contributed by atoms with Crippen LogP contribution in [0.15, 0.2) is 53.4 Å². The van der Waals surface area contributed by atoms with E-state index in [0.29, 0.717) is 0 Å². The quantitative estimate of drug-likeness (QED) is 0.693. The van der Waals surface area contributed by atoms with Crippen LogP contribution in [-0.2, 0) is 21.4 Å². The predicted octanol–water partition coefficient (Wildman–Crippen LogP) is 3.09. The van der Waals surface area contributed by atoms with Gasteiger partial charge in [0.05, 0.1) is 10.5 Å². The Morgan fingerprint density at radius 2 is 1.89 bits per heavy atom. The first-order valence-corrected chi connectivity index (χ1v) is 9.66. The second-order valence-electron chi connectivity index (χ2n) is 5.99. The molecule has 1 N–H and O–H groups in total. The molecule has 0 radical (unpaired) electrons. The summed E-state index contributed by atoms with van der Waals surface area (Å²) in [6, 6.07) is 11.3. The molecule has 3 rings (SSSR count). The van der Waals surface area contributed by atoms with Gasteiger partial charge in [-0.25, -0.2) is 17.9 Å². The summed E-state index contributed by atoms with van der Waals surface area (Å²) in [7, 11) is -3.70. The Labute approximate surface area is 155 Å². The molecule has 0 aliphatic heterocycles. The highest BCUT2D eigenvalue weighted by Gasteiger charge is 2.28. The number of carbonyl (C=O) groups excluding carboxylic acids is 1. The third-order valence-corrected chi connectivity index (χ3v) is 5.34. The number of halogens is 2. The maximum Gasteiger partial charge on any atom is 0.387 e. The van der Waals surface area contributed by atoms with E-state index in [0.717, 1.165) is 12.8 Å². The number of benzene rings is 2. The Bertz CT molecular complexity index is 929. The molecule has 0 atom stereocenters. The van der Waals surface area contributed by atoms with Crippen molar-refractivity contribution in [2.24, 2.45) is 0 Å². The molecule has 1 saturated carbocycles. The largest absolute Gasteiger partial charge is 0.457 e. The molecular formula is C18H17F2NO5S. The van der Waals surface area contributed by atoms with Gasteiger partial charge in [-0.2, -0.15) is 8.78 Å². The summed E-state index contributed by atoms with van der Waals surface area (Å²) in [6.45, 7) is -3.29. The van der Waals surface area contributed by atoms with Crippen LogP contribution >= 0.6 is 0 Å². The van der Waals surface area contributed by atoms with E-state index in [4.69, 9.17) is 4.74 Å². The van der Waals surface area contributed by atoms with Crippen LogP contribution in [0.5, 0.6) is 5.75 Å². The molecule has 1 aliphatic carbocycles. The summed E-state index contributed by atoms with van der Waals surface area (Å²) in [6.07, 6.45) is 1.59. The van der Waals surface area contributed by atoms with E-state index in [9.17, 15) is 22.0 Å². The lowest BCUT2D eigenvalue weighted by molar-refractivity contribution is -0.0510. The van der Waals surface area contributed by atoms with Crippen molar-refractivity contribution in [1.82, 2.24) is 4.72 Å². The van der Waals surface area contributed by atoms with E-state index in [1.54, 1.807) is 6.07 Å². The van der Waals surface area contributed by atoms with Gasteiger partial charge < -0.3 is 9.47 Å². The van der Waals surface area contributed by atoms with E-state index in [2.05, 4.69) is 9.46 Å². The Morgan fingerprint density at radius 1 is 1.15 bits per heavy atom. The van der Waals surface area contributed by atoms with Crippen LogP contribution in [0.4, 0.5) is 8.78 Å². The predicted molar refractivity (Wildman–Crippen MR) is 92.0 cm³/mol. The lowest BCUT2D eigenvalue weighted by atomic mass is 10.2. The fraction of sp³-hybridized carbons (Fsp3) is 0.278. The molecule has 27 heavy (non-hydrogen) atoms. The number of carbonyl (C=O) groups is 1. The van der Waals surface area contributed by atoms with E-state index in [1.165, 1.54) is 42.5 Å². The van der Waals surface area contributed by atoms with Gasteiger partial charge in [-0.1, -0.05) is 24.3 Å². The maximum atomic E-state index is 12.4. The first-order chi connectivity index (χ1) is 12.8. The van der Waals surface area contributed by atoms with Crippen molar-refractivity contribution in [1.29, 1.82) is 0 Å². The van der Waals surface area contributed by atoms with Gasteiger partial charge in [0.1, 0.15) is 12.4 Å². The molecule has 2 aromatic rings. The summed E-state index contributed by atoms with van der Waals surface area (Å²) in [5, 5.41) is 0. The second kappa shape index (κ2) is 8.01. The van der Waals surface area contributed by atoms with Crippen LogP contribution in [0.3, 0.4) is 0 Å². The van der Waals surface area contributed by atoms with E-state index >= 15 is 0 Å². The van der Waals surface area contributed by atoms with Crippen LogP contribution in [0, 0.1) is 0 Å². The average Bonchev–Trinajstić information content (AvgIpc) is 3.43. The molecule has 0 unspecified atom stereocenters. The number of esters is 1. The molecule has 0 saturated heterocycles. The zero-order chi connectivity index (χ0) is 19.4. The highest BCUT2D eigenvalue weighted by molar-refractivity contribution is 7.89. The highest BCUT2D eigenvalue weighted by atomic mass is 32.2. The Morgan fingerprint density at radius 3 is 2.59 bits per heavy atom. The molecule has 1 fully saturated rings. The number of rotatable bonds is 8. The van der Waals surface area contributed by atoms with Crippen molar-refractivity contribution in [3.63, 3.8) is 0 Å². The molecular weight excluding hydrogens is 380 g/mol. The molecule has 0 spiro atoms. The first-order valence-electron chi connectivity index (χ1n) is 8.17. The van der Waals surface area contributed by atoms with Crippen molar-refractivity contribution >= 4 is 16.0 Å². The average molecular weight is 397 g/mol. The second-order valence-corrected chi connectivity index (χ2v) is 7.70. The van der Waals surface area contributed by atoms with Gasteiger partial charge >= 0.3 is 12.6 Å². The van der Waals surface area contributed by atoms with Crippen LogP contribution in [0.25, 0.3) is 0 Å². The summed E-state index contributed by atoms with van der Waals surface area (Å²) < 4.78 is 61.3. The summed E-state index contributed by atoms with van der Waals surface area (Å²) >= 11 is 0. The molecule has 6 nitrogen and oxygen atoms in total. The van der Waals surface area contributed by atoms with Crippen molar-refractivity contribution in [3.05, 3.63) is 59.7 Å². The van der Waals surface area contributed by atoms with Gasteiger partial charge in [-0.05, 0) is 37.1 Å². The van der Waals surface area contributed by atoms with Crippen molar-refractivity contribution in [2.75, 3.05) is 0 Å². The minimum Gasteiger partial charge on any atom is -0.457 e. The summed E-state index contributed by atoms with van der Waals surface area (Å²) in [5.41, 5.74) is 0.311. The normalized spacial score (nSPS) is 14.2. The zero-order valence-electron chi connectivity index (χ0n) is 14.1. The van der Waals surface area contributed by atoms with Gasteiger partial charge in [-0.3, -0.25) is 0 Å². The third kappa shape index (κ3) is 5.24. The summed E-state index contributed by atoms with van der Waals surface area (Å²) in [4.78, 5) is 12.2. The molecule has 9 heteroatoms. The van der Waals surface area contributed by atoms with Crippen LogP contribution < -0.4 is 9.46 Å². The highest BCUT2D eigenvalue weighted by Crippen LogP contribution is 2.24. The van der Waals surface area contributed by atoms with Crippen molar-refractivity contribution in [2.45, 2.75) is 37.0 Å². The number of nitrogens with one attached hydrogen (secondary N) is 1. The smallest absolute Gasteiger partial charge is 0.387 e. The van der Waals surface area contributed by atoms with Crippen LogP contribution in [0.2, 0.25) is 0 Å². The monoisotopic (exact) mass is 397 g/mol. The van der Waals surface area contributed by atoms with Crippen molar-refractivity contribution in [3.8, 4) is 5.75 Å². The number of hydrogen-bond acceptors (Lipinski definition) is 5. The van der Waals surface area contributed by atoms with Gasteiger partial charge in [0.2, 0.25) is 10.0 Å². The minimum atomic E-state index is -3.70. The van der Waals surface area contributed by atoms with Crippen LogP contribution in [-0.4, -0.2) is 27.0 Å². The third-order valence-electron chi connectivity index (χ3n) is 3.83. The number of hydrogen-bond donors (Lipinski definition) is 1. The van der Waals surface area contributed by atoms with Gasteiger partial charge in [-0.15, -0.1) is 0 Å². The Hall–Kier alpha value is -2.52. The molecule has 0 aromatic heterocycles. The fourth-order valence-electron chi connectivity index (χ4n) is 2.34. The number of ether oxygens (including phenoxy) is 2. The lowest BCUT2D eigenvalue weighted by Gasteiger charge is -2.11. The molecule has 1 aliphatic rings. The molecule has 144 valence electrons. The van der Waals surface area contributed by atoms with Gasteiger partial charge in [0, 0.05) is 11.6 Å². The van der Waals surface area contributed by atoms with Crippen molar-refractivity contribution < 1.29 is 31.5 Å². The Kier molecular flexibility index (Phi) is 5.71. The lowest BCUT2D eigenvalue weighted by Crippen LogP contribution is -2.25. The first kappa shape index (κ1) is 19.2. The SMILES string of the molecule is O=C(OCc1ccccc1OC(F)F)c1cccc(S(=O)(=O)NC2CC2)c1. The minimum absolute atomic E-state index is 0.0368. The van der Waals surface area contributed by atoms with E-state index in [1.807, 2.05) is 0 Å². The summed E-state index contributed by atoms with van der Waals surface area (Å²) in [5.74, 6) is -0.865. The molecule has 0 bridgehead atoms. The van der Waals surface area contributed by atoms with Gasteiger partial charge in [0.15, 0.2) is 0 Å². The molecule has 0 heterocycles. The molecule has 0 amide bonds. The van der Waals surface area contributed by atoms with E-state index < -0.39 is 22.6 Å². The standard InChI is InChI=1S/C18H17F2NO5S/c19-18(20)26-16-7-2-1-4-13(16)11-25-17(22)12-5-3-6-15(10-12)27(23,24)21-14-8-9-14/h1-7,10,14,18,21H,8-9,11H2. The van der Waals surface area contributed by atoms with Gasteiger partial charge in [0.25, 0.3) is 0 Å². The number of sulfonamides is 1. The topological polar surface area (TPSA) is 81.7 Å². The zero-order valence-corrected chi connectivity index (χ0v) is 14.9. The maximum absolute atomic E-state index is 12.4. The molecule has 2 aromatic carbocycles.